The van der Waals surface area contributed by atoms with Crippen LogP contribution in [0, 0.1) is 10.7 Å². The van der Waals surface area contributed by atoms with Crippen LogP contribution in [0.5, 0.6) is 0 Å². The first-order chi connectivity index (χ1) is 15.1. The van der Waals surface area contributed by atoms with Gasteiger partial charge in [0.2, 0.25) is 5.91 Å². The number of benzene rings is 1. The number of methoxy groups -OCH3 is 1. The fraction of sp³-hybridized carbons (Fsp3) is 0.500. The molecule has 0 aliphatic rings. The smallest absolute Gasteiger partial charge is 0.340 e. The Morgan fingerprint density at radius 2 is 1.66 bits per heavy atom. The Morgan fingerprint density at radius 1 is 1.03 bits per heavy atom. The van der Waals surface area contributed by atoms with Crippen LogP contribution < -0.4 is 16.0 Å². The van der Waals surface area contributed by atoms with Gasteiger partial charge in [0.25, 0.3) is 5.91 Å². The van der Waals surface area contributed by atoms with Crippen LogP contribution in [0.25, 0.3) is 0 Å². The minimum absolute atomic E-state index is 0.0694. The van der Waals surface area contributed by atoms with Crippen molar-refractivity contribution in [1.82, 2.24) is 10.6 Å². The van der Waals surface area contributed by atoms with E-state index in [9.17, 15) is 24.6 Å². The summed E-state index contributed by atoms with van der Waals surface area (Å²) in [5.74, 6) is -1.83. The molecule has 6 N–H and O–H groups in total. The molecule has 2 atom stereocenters. The number of nitrogens with one attached hydrogen (secondary N) is 3. The zero-order valence-corrected chi connectivity index (χ0v) is 23.7. The van der Waals surface area contributed by atoms with Crippen molar-refractivity contribution in [3.05, 3.63) is 21.8 Å². The van der Waals surface area contributed by atoms with E-state index < -0.39 is 36.5 Å². The molecule has 180 valence electrons. The summed E-state index contributed by atoms with van der Waals surface area (Å²) in [6, 6.07) is -0.471. The number of carbonyl (C=O) groups excluding carboxylic acids is 3. The van der Waals surface area contributed by atoms with Crippen molar-refractivity contribution in [2.24, 2.45) is 0 Å². The van der Waals surface area contributed by atoms with Gasteiger partial charge in [0.1, 0.15) is 13.2 Å². The van der Waals surface area contributed by atoms with Crippen molar-refractivity contribution in [3.8, 4) is 0 Å². The second-order valence-electron chi connectivity index (χ2n) is 6.36. The fourth-order valence-electron chi connectivity index (χ4n) is 2.30. The van der Waals surface area contributed by atoms with E-state index in [1.165, 1.54) is 7.11 Å². The number of likely N-dealkylation sites (N-methyl/N-ethyl adjacent to an activating group) is 1. The highest BCUT2D eigenvalue weighted by Gasteiger charge is 2.29. The Labute approximate surface area is 225 Å². The summed E-state index contributed by atoms with van der Waals surface area (Å²) in [7, 11) is 2.97. The van der Waals surface area contributed by atoms with Gasteiger partial charge in [-0.15, -0.1) is 0 Å². The molecule has 0 saturated carbocycles. The van der Waals surface area contributed by atoms with Crippen molar-refractivity contribution in [3.63, 3.8) is 0 Å². The van der Waals surface area contributed by atoms with Crippen LogP contribution in [0.4, 0.5) is 5.69 Å². The molecule has 0 aliphatic heterocycles. The lowest BCUT2D eigenvalue weighted by atomic mass is 10.1. The molecule has 0 aromatic heterocycles. The number of rotatable bonds is 12. The molecule has 11 nitrogen and oxygen atoms in total. The number of esters is 1. The van der Waals surface area contributed by atoms with Gasteiger partial charge in [-0.25, -0.2) is 4.79 Å². The first-order valence-corrected chi connectivity index (χ1v) is 12.4. The van der Waals surface area contributed by atoms with Crippen molar-refractivity contribution in [2.75, 3.05) is 52.4 Å². The van der Waals surface area contributed by atoms with Crippen LogP contribution in [0.2, 0.25) is 0 Å². The van der Waals surface area contributed by atoms with Gasteiger partial charge in [-0.2, -0.15) is 0 Å². The number of amides is 2. The van der Waals surface area contributed by atoms with E-state index in [0.29, 0.717) is 7.14 Å². The number of hydrogen-bond acceptors (Lipinski definition) is 9. The number of aliphatic hydroxyl groups is 3. The summed E-state index contributed by atoms with van der Waals surface area (Å²) in [5, 5.41) is 35.7. The first kappa shape index (κ1) is 29.7. The van der Waals surface area contributed by atoms with Gasteiger partial charge in [-0.3, -0.25) is 9.59 Å². The van der Waals surface area contributed by atoms with Crippen molar-refractivity contribution >= 4 is 91.2 Å². The fourth-order valence-corrected chi connectivity index (χ4v) is 6.66. The van der Waals surface area contributed by atoms with Crippen LogP contribution in [-0.2, 0) is 14.3 Å². The van der Waals surface area contributed by atoms with Gasteiger partial charge in [0.15, 0.2) is 0 Å². The molecular weight excluding hydrogens is 767 g/mol. The number of anilines is 1. The standard InChI is InChI=1S/C18H24I3N3O8/c1-22-8(4-25)6-32-18(30)12-13(19)11(17(29)23-3-9(27)5-26)14(20)16(15(12)21)24-10(28)7-31-2/h8-9,22,25-27H,3-7H2,1-2H3,(H,23,29)(H,24,28). The van der Waals surface area contributed by atoms with E-state index in [2.05, 4.69) is 16.0 Å². The van der Waals surface area contributed by atoms with E-state index in [-0.39, 0.29) is 46.7 Å². The molecule has 0 saturated heterocycles. The number of aliphatic hydroxyl groups excluding tert-OH is 3. The Balaban J connectivity index is 3.47. The third-order valence-electron chi connectivity index (χ3n) is 4.04. The topological polar surface area (TPSA) is 166 Å². The monoisotopic (exact) mass is 791 g/mol. The lowest BCUT2D eigenvalue weighted by Gasteiger charge is -2.20. The van der Waals surface area contributed by atoms with Gasteiger partial charge >= 0.3 is 5.97 Å². The lowest BCUT2D eigenvalue weighted by Crippen LogP contribution is -2.36. The summed E-state index contributed by atoms with van der Waals surface area (Å²) in [6.07, 6.45) is -1.15. The highest BCUT2D eigenvalue weighted by molar-refractivity contribution is 14.1. The Hall–Kier alpha value is -0.380. The second-order valence-corrected chi connectivity index (χ2v) is 9.60. The van der Waals surface area contributed by atoms with E-state index in [4.69, 9.17) is 14.6 Å². The minimum atomic E-state index is -1.15. The lowest BCUT2D eigenvalue weighted by molar-refractivity contribution is -0.119. The van der Waals surface area contributed by atoms with E-state index in [1.54, 1.807) is 7.05 Å². The number of carbonyl (C=O) groups is 3. The molecule has 0 fully saturated rings. The predicted molar refractivity (Wildman–Crippen MR) is 141 cm³/mol. The molecule has 0 radical (unpaired) electrons. The normalized spacial score (nSPS) is 12.8. The Bertz CT molecular complexity index is 836. The van der Waals surface area contributed by atoms with Crippen molar-refractivity contribution in [1.29, 1.82) is 0 Å². The molecule has 0 heterocycles. The average molecular weight is 791 g/mol. The maximum atomic E-state index is 12.9. The zero-order chi connectivity index (χ0) is 24.4. The molecular formula is C18H24I3N3O8. The molecule has 14 heteroatoms. The highest BCUT2D eigenvalue weighted by Crippen LogP contribution is 2.36. The summed E-state index contributed by atoms with van der Waals surface area (Å²) in [6.45, 7) is -1.33. The highest BCUT2D eigenvalue weighted by atomic mass is 127. The third-order valence-corrected chi connectivity index (χ3v) is 7.28. The van der Waals surface area contributed by atoms with Crippen LogP contribution in [0.1, 0.15) is 20.7 Å². The number of ether oxygens (including phenoxy) is 2. The van der Waals surface area contributed by atoms with Crippen LogP contribution in [0.3, 0.4) is 0 Å². The summed E-state index contributed by atoms with van der Waals surface area (Å²) < 4.78 is 11.2. The molecule has 2 amide bonds. The average Bonchev–Trinajstić information content (AvgIpc) is 2.75. The molecule has 0 bridgehead atoms. The minimum Gasteiger partial charge on any atom is -0.460 e. The number of hydrogen-bond donors (Lipinski definition) is 6. The number of halogens is 3. The van der Waals surface area contributed by atoms with Gasteiger partial charge in [0, 0.05) is 17.2 Å². The van der Waals surface area contributed by atoms with E-state index in [0.717, 1.165) is 0 Å². The molecule has 1 aromatic carbocycles. The van der Waals surface area contributed by atoms with Crippen LogP contribution in [-0.4, -0.2) is 92.4 Å². The van der Waals surface area contributed by atoms with E-state index >= 15 is 0 Å². The maximum Gasteiger partial charge on any atom is 0.340 e. The molecule has 0 spiro atoms. The van der Waals surface area contributed by atoms with Gasteiger partial charge in [-0.05, 0) is 74.8 Å². The molecule has 32 heavy (non-hydrogen) atoms. The first-order valence-electron chi connectivity index (χ1n) is 9.14. The molecule has 2 unspecified atom stereocenters. The van der Waals surface area contributed by atoms with Gasteiger partial charge in [-0.1, -0.05) is 0 Å². The third kappa shape index (κ3) is 8.13. The maximum absolute atomic E-state index is 12.9. The van der Waals surface area contributed by atoms with Crippen molar-refractivity contribution in [2.45, 2.75) is 12.1 Å². The molecule has 1 aromatic rings. The predicted octanol–water partition coefficient (Wildman–Crippen LogP) is -0.0946. The molecule has 1 rings (SSSR count). The molecule has 0 aliphatic carbocycles. The SMILES string of the molecule is CNC(CO)COC(=O)c1c(I)c(NC(=O)COC)c(I)c(C(=O)NCC(O)CO)c1I. The largest absolute Gasteiger partial charge is 0.460 e. The van der Waals surface area contributed by atoms with Crippen LogP contribution in [0.15, 0.2) is 0 Å². The summed E-state index contributed by atoms with van der Waals surface area (Å²) in [5.41, 5.74) is 0.407. The Morgan fingerprint density at radius 3 is 2.19 bits per heavy atom. The van der Waals surface area contributed by atoms with Gasteiger partial charge < -0.3 is 40.7 Å². The van der Waals surface area contributed by atoms with Crippen molar-refractivity contribution < 1.29 is 39.2 Å². The van der Waals surface area contributed by atoms with E-state index in [1.807, 2.05) is 67.8 Å². The van der Waals surface area contributed by atoms with Crippen LogP contribution >= 0.6 is 67.8 Å². The summed E-state index contributed by atoms with van der Waals surface area (Å²) in [4.78, 5) is 37.9. The second kappa shape index (κ2) is 14.8. The zero-order valence-electron chi connectivity index (χ0n) is 17.2. The summed E-state index contributed by atoms with van der Waals surface area (Å²) >= 11 is 5.62. The van der Waals surface area contributed by atoms with Gasteiger partial charge in [0.05, 0.1) is 49.3 Å². The Kier molecular flexibility index (Phi) is 13.7. The quantitative estimate of drug-likeness (QED) is 0.125.